The first-order chi connectivity index (χ1) is 6.09. The van der Waals surface area contributed by atoms with Crippen molar-refractivity contribution < 1.29 is 22.3 Å². The molecule has 0 fully saturated rings. The summed E-state index contributed by atoms with van der Waals surface area (Å²) in [6.07, 6.45) is -7.93. The molecule has 0 aromatic heterocycles. The summed E-state index contributed by atoms with van der Waals surface area (Å²) in [5.41, 5.74) is -0.833. The number of hydrogen-bond donors (Lipinski definition) is 0. The third-order valence-corrected chi connectivity index (χ3v) is 4.48. The predicted molar refractivity (Wildman–Crippen MR) is 49.5 cm³/mol. The second-order valence-electron chi connectivity index (χ2n) is 3.46. The highest BCUT2D eigenvalue weighted by molar-refractivity contribution is 7.19. The fraction of sp³-hybridized carbons (Fsp3) is 1.00. The summed E-state index contributed by atoms with van der Waals surface area (Å²) in [6.45, 7) is 4.85. The smallest absolute Gasteiger partial charge is 0.340 e. The van der Waals surface area contributed by atoms with E-state index in [1.165, 1.54) is 0 Å². The molecule has 0 aromatic rings. The van der Waals surface area contributed by atoms with E-state index in [0.29, 0.717) is 0 Å². The van der Waals surface area contributed by atoms with Crippen LogP contribution in [0.15, 0.2) is 0 Å². The summed E-state index contributed by atoms with van der Waals surface area (Å²) < 4.78 is 52.2. The van der Waals surface area contributed by atoms with Gasteiger partial charge in [0.15, 0.2) is 7.38 Å². The molecule has 0 amide bonds. The summed E-state index contributed by atoms with van der Waals surface area (Å²) in [4.78, 5) is 0. The molecular weight excluding hydrogens is 240 g/mol. The van der Waals surface area contributed by atoms with Crippen LogP contribution in [0.4, 0.5) is 17.6 Å². The van der Waals surface area contributed by atoms with Gasteiger partial charge in [0, 0.05) is 0 Å². The maximum absolute atomic E-state index is 12.5. The Kier molecular flexibility index (Phi) is 4.87. The van der Waals surface area contributed by atoms with Crippen molar-refractivity contribution in [1.82, 2.24) is 0 Å². The van der Waals surface area contributed by atoms with Crippen molar-refractivity contribution in [1.29, 1.82) is 0 Å². The molecule has 0 aromatic carbocycles. The Bertz CT molecular complexity index is 180. The first kappa shape index (κ1) is 14.2. The second-order valence-corrected chi connectivity index (χ2v) is 10.2. The summed E-state index contributed by atoms with van der Waals surface area (Å²) in [5.74, 6) is 0. The average molecular weight is 253 g/mol. The Morgan fingerprint density at radius 1 is 1.36 bits per heavy atom. The van der Waals surface area contributed by atoms with Crippen LogP contribution in [-0.2, 0) is 4.74 Å². The predicted octanol–water partition coefficient (Wildman–Crippen LogP) is 3.62. The van der Waals surface area contributed by atoms with Gasteiger partial charge in [0.2, 0.25) is 0 Å². The molecule has 2 unspecified atom stereocenters. The summed E-state index contributed by atoms with van der Waals surface area (Å²) in [5, 5.41) is 0. The maximum Gasteiger partial charge on any atom is 0.445 e. The minimum atomic E-state index is -4.97. The maximum atomic E-state index is 12.5. The molecule has 7 heteroatoms. The first-order valence-corrected chi connectivity index (χ1v) is 8.23. The molecule has 2 atom stereocenters. The van der Waals surface area contributed by atoms with Crippen LogP contribution in [0.5, 0.6) is 0 Å². The average Bonchev–Trinajstić information content (AvgIpc) is 1.95. The molecular formula is C7H13ClF4OSi. The van der Waals surface area contributed by atoms with Gasteiger partial charge in [-0.15, -0.1) is 0 Å². The molecule has 0 aliphatic rings. The van der Waals surface area contributed by atoms with Gasteiger partial charge in [-0.1, -0.05) is 20.0 Å². The van der Waals surface area contributed by atoms with E-state index in [9.17, 15) is 17.6 Å². The molecule has 0 heterocycles. The van der Waals surface area contributed by atoms with Crippen molar-refractivity contribution in [3.05, 3.63) is 0 Å². The third kappa shape index (κ3) is 4.61. The van der Waals surface area contributed by atoms with E-state index >= 15 is 0 Å². The lowest BCUT2D eigenvalue weighted by atomic mass is 10.5. The minimum absolute atomic E-state index is 0.277. The first-order valence-electron chi connectivity index (χ1n) is 4.14. The molecule has 86 valence electrons. The molecule has 0 saturated heterocycles. The molecule has 0 saturated carbocycles. The molecule has 1 nitrogen and oxygen atoms in total. The van der Waals surface area contributed by atoms with Crippen molar-refractivity contribution in [3.63, 3.8) is 0 Å². The van der Waals surface area contributed by atoms with Crippen molar-refractivity contribution in [3.8, 4) is 0 Å². The highest BCUT2D eigenvalue weighted by atomic mass is 35.6. The Balaban J connectivity index is 4.34. The molecule has 0 aliphatic carbocycles. The zero-order valence-electron chi connectivity index (χ0n) is 8.16. The molecule has 0 spiro atoms. The Labute approximate surface area is 86.1 Å². The number of hydrogen-bond acceptors (Lipinski definition) is 1. The highest BCUT2D eigenvalue weighted by Crippen LogP contribution is 2.29. The van der Waals surface area contributed by atoms with Gasteiger partial charge < -0.3 is 4.74 Å². The number of rotatable bonds is 4. The minimum Gasteiger partial charge on any atom is -0.340 e. The summed E-state index contributed by atoms with van der Waals surface area (Å²) in [7, 11) is -2.42. The van der Waals surface area contributed by atoms with Gasteiger partial charge in [0.05, 0.1) is 5.73 Å². The normalized spacial score (nSPS) is 18.0. The van der Waals surface area contributed by atoms with E-state index in [1.54, 1.807) is 20.0 Å². The van der Waals surface area contributed by atoms with Gasteiger partial charge in [-0.25, -0.2) is 4.39 Å². The molecule has 0 bridgehead atoms. The van der Waals surface area contributed by atoms with E-state index in [4.69, 9.17) is 11.1 Å². The topological polar surface area (TPSA) is 9.23 Å². The Hall–Kier alpha value is 0.187. The van der Waals surface area contributed by atoms with Gasteiger partial charge >= 0.3 is 6.18 Å². The van der Waals surface area contributed by atoms with E-state index < -0.39 is 25.6 Å². The largest absolute Gasteiger partial charge is 0.445 e. The number of ether oxygens (including phenoxy) is 1. The molecule has 14 heavy (non-hydrogen) atoms. The number of alkyl halides is 4. The van der Waals surface area contributed by atoms with Gasteiger partial charge in [-0.2, -0.15) is 24.3 Å². The van der Waals surface area contributed by atoms with Crippen molar-refractivity contribution in [2.24, 2.45) is 0 Å². The second kappa shape index (κ2) is 4.81. The van der Waals surface area contributed by atoms with E-state index in [-0.39, 0.29) is 6.42 Å². The lowest BCUT2D eigenvalue weighted by Gasteiger charge is -2.27. The van der Waals surface area contributed by atoms with Crippen LogP contribution < -0.4 is 0 Å². The summed E-state index contributed by atoms with van der Waals surface area (Å²) in [6, 6.07) is 0. The quantitative estimate of drug-likeness (QED) is 0.422. The number of halogens is 5. The van der Waals surface area contributed by atoms with Crippen LogP contribution in [0.1, 0.15) is 13.3 Å². The van der Waals surface area contributed by atoms with Crippen molar-refractivity contribution in [2.75, 3.05) is 0 Å². The van der Waals surface area contributed by atoms with Crippen LogP contribution in [0.2, 0.25) is 13.1 Å². The van der Waals surface area contributed by atoms with Crippen LogP contribution in [0, 0.1) is 0 Å². The Morgan fingerprint density at radius 2 is 1.79 bits per heavy atom. The highest BCUT2D eigenvalue weighted by Gasteiger charge is 2.45. The fourth-order valence-electron chi connectivity index (χ4n) is 0.965. The molecule has 0 radical (unpaired) electrons. The fourth-order valence-corrected chi connectivity index (χ4v) is 3.00. The Morgan fingerprint density at radius 3 is 2.00 bits per heavy atom. The van der Waals surface area contributed by atoms with Gasteiger partial charge in [-0.05, 0) is 6.42 Å². The third-order valence-electron chi connectivity index (χ3n) is 1.68. The van der Waals surface area contributed by atoms with Crippen LogP contribution >= 0.6 is 11.1 Å². The van der Waals surface area contributed by atoms with Crippen LogP contribution in [0.3, 0.4) is 0 Å². The molecule has 0 rings (SSSR count). The van der Waals surface area contributed by atoms with E-state index in [2.05, 4.69) is 4.74 Å². The van der Waals surface area contributed by atoms with E-state index in [0.717, 1.165) is 0 Å². The zero-order chi connectivity index (χ0) is 11.6. The lowest BCUT2D eigenvalue weighted by Crippen LogP contribution is -2.43. The summed E-state index contributed by atoms with van der Waals surface area (Å²) >= 11 is 5.87. The standard InChI is InChI=1S/C7H13ClF4OSi/c1-4-5(14(2,3)8)13-6(9)7(10,11)12/h5-6H,4H2,1-3H3. The van der Waals surface area contributed by atoms with Gasteiger partial charge in [0.25, 0.3) is 6.36 Å². The lowest BCUT2D eigenvalue weighted by molar-refractivity contribution is -0.270. The SMILES string of the molecule is CCC(OC(F)C(F)(F)F)[Si](C)(C)Cl. The van der Waals surface area contributed by atoms with Gasteiger partial charge in [-0.3, -0.25) is 0 Å². The van der Waals surface area contributed by atoms with Crippen LogP contribution in [0.25, 0.3) is 0 Å². The van der Waals surface area contributed by atoms with Crippen molar-refractivity contribution in [2.45, 2.75) is 44.7 Å². The monoisotopic (exact) mass is 252 g/mol. The van der Waals surface area contributed by atoms with Gasteiger partial charge in [0.1, 0.15) is 0 Å². The molecule has 0 aliphatic heterocycles. The van der Waals surface area contributed by atoms with Crippen molar-refractivity contribution >= 4 is 18.5 Å². The molecule has 0 N–H and O–H groups in total. The van der Waals surface area contributed by atoms with Crippen LogP contribution in [-0.4, -0.2) is 25.6 Å². The van der Waals surface area contributed by atoms with E-state index in [1.807, 2.05) is 0 Å². The zero-order valence-corrected chi connectivity index (χ0v) is 9.92.